The van der Waals surface area contributed by atoms with Gasteiger partial charge in [-0.1, -0.05) is 60.1 Å². The number of para-hydroxylation sites is 1. The van der Waals surface area contributed by atoms with Gasteiger partial charge in [-0.2, -0.15) is 5.10 Å². The van der Waals surface area contributed by atoms with E-state index < -0.39 is 15.9 Å². The van der Waals surface area contributed by atoms with Crippen molar-refractivity contribution in [1.29, 1.82) is 0 Å². The smallest absolute Gasteiger partial charge is 0.271 e. The highest BCUT2D eigenvalue weighted by Crippen LogP contribution is 2.24. The number of carbonyl (C=O) groups is 1. The molecule has 0 bridgehead atoms. The number of hydrogen-bond donors (Lipinski definition) is 2. The van der Waals surface area contributed by atoms with Crippen LogP contribution >= 0.6 is 11.6 Å². The third-order valence-corrected chi connectivity index (χ3v) is 6.73. The molecule has 7 nitrogen and oxygen atoms in total. The van der Waals surface area contributed by atoms with Crippen molar-refractivity contribution in [2.75, 3.05) is 4.72 Å². The van der Waals surface area contributed by atoms with Gasteiger partial charge in [0.2, 0.25) is 0 Å². The Morgan fingerprint density at radius 2 is 1.61 bits per heavy atom. The van der Waals surface area contributed by atoms with Crippen molar-refractivity contribution in [3.63, 3.8) is 0 Å². The molecule has 0 spiro atoms. The molecule has 9 heteroatoms. The van der Waals surface area contributed by atoms with Gasteiger partial charge in [0.15, 0.2) is 0 Å². The number of benzene rings is 4. The lowest BCUT2D eigenvalue weighted by molar-refractivity contribution is 0.0955. The average Bonchev–Trinajstić information content (AvgIpc) is 2.90. The summed E-state index contributed by atoms with van der Waals surface area (Å²) in [4.78, 5) is 12.4. The number of amides is 1. The van der Waals surface area contributed by atoms with Crippen LogP contribution < -0.4 is 14.9 Å². The number of carbonyl (C=O) groups excluding carboxylic acids is 1. The van der Waals surface area contributed by atoms with Crippen LogP contribution in [0.4, 0.5) is 5.69 Å². The van der Waals surface area contributed by atoms with E-state index in [9.17, 15) is 13.2 Å². The molecule has 182 valence electrons. The van der Waals surface area contributed by atoms with E-state index in [-0.39, 0.29) is 21.2 Å². The minimum atomic E-state index is -3.95. The van der Waals surface area contributed by atoms with Crippen LogP contribution in [0.25, 0.3) is 0 Å². The number of nitrogens with zero attached hydrogens (tertiary/aromatic N) is 1. The minimum absolute atomic E-state index is 0.0786. The van der Waals surface area contributed by atoms with E-state index >= 15 is 0 Å². The molecule has 4 rings (SSSR count). The van der Waals surface area contributed by atoms with Gasteiger partial charge >= 0.3 is 0 Å². The van der Waals surface area contributed by atoms with E-state index in [2.05, 4.69) is 15.2 Å². The fourth-order valence-electron chi connectivity index (χ4n) is 3.17. The van der Waals surface area contributed by atoms with Gasteiger partial charge in [-0.05, 0) is 65.7 Å². The fourth-order valence-corrected chi connectivity index (χ4v) is 4.54. The predicted molar refractivity (Wildman–Crippen MR) is 141 cm³/mol. The second-order valence-electron chi connectivity index (χ2n) is 7.66. The molecule has 4 aromatic carbocycles. The SMILES string of the molecule is O=C(NN=Cc1ccc(OCc2ccccc2)cc1)c1cccc(S(=O)(=O)Nc2ccccc2Cl)c1. The molecule has 0 saturated heterocycles. The summed E-state index contributed by atoms with van der Waals surface area (Å²) in [6.45, 7) is 0.465. The second-order valence-corrected chi connectivity index (χ2v) is 9.75. The molecule has 0 heterocycles. The topological polar surface area (TPSA) is 96.9 Å². The number of rotatable bonds is 9. The molecule has 2 N–H and O–H groups in total. The van der Waals surface area contributed by atoms with Gasteiger partial charge in [-0.25, -0.2) is 13.8 Å². The third kappa shape index (κ3) is 6.71. The van der Waals surface area contributed by atoms with Crippen molar-refractivity contribution < 1.29 is 17.9 Å². The lowest BCUT2D eigenvalue weighted by Crippen LogP contribution is -2.19. The summed E-state index contributed by atoms with van der Waals surface area (Å²) in [5.74, 6) is 0.160. The molecule has 0 aliphatic carbocycles. The summed E-state index contributed by atoms with van der Waals surface area (Å²) < 4.78 is 33.7. The molecule has 0 aliphatic heterocycles. The average molecular weight is 520 g/mol. The standard InChI is InChI=1S/C27H22ClN3O4S/c28-25-11-4-5-12-26(25)31-36(33,34)24-10-6-9-22(17-24)27(32)30-29-18-20-13-15-23(16-14-20)35-19-21-7-2-1-3-8-21/h1-18,31H,19H2,(H,30,32). The summed E-state index contributed by atoms with van der Waals surface area (Å²) in [6.07, 6.45) is 1.48. The molecular formula is C27H22ClN3O4S. The Morgan fingerprint density at radius 3 is 2.36 bits per heavy atom. The van der Waals surface area contributed by atoms with Gasteiger partial charge in [0, 0.05) is 5.56 Å². The number of hydrogen-bond acceptors (Lipinski definition) is 5. The summed E-state index contributed by atoms with van der Waals surface area (Å²) >= 11 is 6.04. The van der Waals surface area contributed by atoms with Crippen LogP contribution in [-0.2, 0) is 16.6 Å². The van der Waals surface area contributed by atoms with Crippen LogP contribution in [0.15, 0.2) is 113 Å². The monoisotopic (exact) mass is 519 g/mol. The Bertz CT molecular complexity index is 1470. The molecule has 0 aromatic heterocycles. The van der Waals surface area contributed by atoms with Crippen LogP contribution in [0.3, 0.4) is 0 Å². The maximum atomic E-state index is 12.7. The number of ether oxygens (including phenoxy) is 1. The summed E-state index contributed by atoms with van der Waals surface area (Å²) in [6, 6.07) is 29.2. The zero-order chi connectivity index (χ0) is 25.4. The van der Waals surface area contributed by atoms with Crippen LogP contribution in [0.1, 0.15) is 21.5 Å². The van der Waals surface area contributed by atoms with Gasteiger partial charge < -0.3 is 4.74 Å². The highest BCUT2D eigenvalue weighted by molar-refractivity contribution is 7.92. The highest BCUT2D eigenvalue weighted by Gasteiger charge is 2.17. The molecule has 0 atom stereocenters. The zero-order valence-electron chi connectivity index (χ0n) is 19.0. The van der Waals surface area contributed by atoms with Crippen molar-refractivity contribution in [2.24, 2.45) is 5.10 Å². The molecule has 0 radical (unpaired) electrons. The summed E-state index contributed by atoms with van der Waals surface area (Å²) in [5.41, 5.74) is 4.62. The second kappa shape index (κ2) is 11.5. The highest BCUT2D eigenvalue weighted by atomic mass is 35.5. The molecule has 0 saturated carbocycles. The fraction of sp³-hybridized carbons (Fsp3) is 0.0370. The molecule has 36 heavy (non-hydrogen) atoms. The van der Waals surface area contributed by atoms with Gasteiger partial charge in [-0.3, -0.25) is 9.52 Å². The quantitative estimate of drug-likeness (QED) is 0.226. The molecule has 0 fully saturated rings. The van der Waals surface area contributed by atoms with Crippen molar-refractivity contribution >= 4 is 39.4 Å². The first kappa shape index (κ1) is 25.0. The molecular weight excluding hydrogens is 498 g/mol. The van der Waals surface area contributed by atoms with Crippen molar-refractivity contribution in [2.45, 2.75) is 11.5 Å². The lowest BCUT2D eigenvalue weighted by Gasteiger charge is -2.10. The first-order valence-corrected chi connectivity index (χ1v) is 12.7. The normalized spacial score (nSPS) is 11.2. The van der Waals surface area contributed by atoms with Crippen molar-refractivity contribution in [1.82, 2.24) is 5.43 Å². The van der Waals surface area contributed by atoms with Crippen LogP contribution in [0.5, 0.6) is 5.75 Å². The van der Waals surface area contributed by atoms with E-state index in [1.807, 2.05) is 54.6 Å². The number of sulfonamides is 1. The van der Waals surface area contributed by atoms with Crippen LogP contribution in [0, 0.1) is 0 Å². The predicted octanol–water partition coefficient (Wildman–Crippen LogP) is 5.48. The third-order valence-electron chi connectivity index (χ3n) is 5.03. The summed E-state index contributed by atoms with van der Waals surface area (Å²) in [7, 11) is -3.95. The molecule has 0 unspecified atom stereocenters. The van der Waals surface area contributed by atoms with Gasteiger partial charge in [-0.15, -0.1) is 0 Å². The largest absolute Gasteiger partial charge is 0.489 e. The Morgan fingerprint density at radius 1 is 0.889 bits per heavy atom. The van der Waals surface area contributed by atoms with E-state index in [1.165, 1.54) is 30.5 Å². The lowest BCUT2D eigenvalue weighted by atomic mass is 10.2. The zero-order valence-corrected chi connectivity index (χ0v) is 20.5. The maximum absolute atomic E-state index is 12.7. The summed E-state index contributed by atoms with van der Waals surface area (Å²) in [5, 5.41) is 4.23. The van der Waals surface area contributed by atoms with Gasteiger partial charge in [0.1, 0.15) is 12.4 Å². The first-order valence-electron chi connectivity index (χ1n) is 10.9. The molecule has 4 aromatic rings. The van der Waals surface area contributed by atoms with E-state index in [4.69, 9.17) is 16.3 Å². The van der Waals surface area contributed by atoms with E-state index in [0.29, 0.717) is 12.4 Å². The number of halogens is 1. The number of anilines is 1. The Balaban J connectivity index is 1.35. The Labute approximate surface area is 214 Å². The molecule has 1 amide bonds. The van der Waals surface area contributed by atoms with Crippen LogP contribution in [0.2, 0.25) is 5.02 Å². The van der Waals surface area contributed by atoms with Crippen LogP contribution in [-0.4, -0.2) is 20.5 Å². The number of nitrogens with one attached hydrogen (secondary N) is 2. The number of hydrazone groups is 1. The Kier molecular flexibility index (Phi) is 7.99. The van der Waals surface area contributed by atoms with Gasteiger partial charge in [0.25, 0.3) is 15.9 Å². The van der Waals surface area contributed by atoms with E-state index in [0.717, 1.165) is 11.1 Å². The Hall–Kier alpha value is -4.14. The first-order chi connectivity index (χ1) is 17.4. The maximum Gasteiger partial charge on any atom is 0.271 e. The van der Waals surface area contributed by atoms with E-state index in [1.54, 1.807) is 24.3 Å². The molecule has 0 aliphatic rings. The van der Waals surface area contributed by atoms with Crippen molar-refractivity contribution in [3.8, 4) is 5.75 Å². The van der Waals surface area contributed by atoms with Gasteiger partial charge in [0.05, 0.1) is 21.8 Å². The minimum Gasteiger partial charge on any atom is -0.489 e. The van der Waals surface area contributed by atoms with Crippen molar-refractivity contribution in [3.05, 3.63) is 125 Å².